The average Bonchev–Trinajstić information content (AvgIpc) is 0.840. The fourth-order valence-electron chi connectivity index (χ4n) is 8.29. The standard InChI is InChI=1S/C65H74N3O.Pt/c1-39(2)45-30-46(40(3)4)32-47(31-45)43-23-26-57(41(5)29-43)68-58-20-18-19-53(59(58)67-61(68)54-37-52(64(12,13)14)38-55(60(54)69)65(15,16)17)48-33-49(35-51(34-48)63(9,10)11)56-36-44(27-28-66-56)42-21-24-50(25-22-42)62(6,7)8;/h18-32,34-40,69H,1-17H3;/q-1;/i5D3,6D3,7D3,8D3,12D3,13D3,14D3,15D3,16D3,17D3,39D,40D;. The Balaban J connectivity index is 0.0000146. The minimum Gasteiger partial charge on any atom is -0.507 e. The quantitative estimate of drug-likeness (QED) is 0.154. The zero-order chi connectivity index (χ0) is 77.0. The molecule has 6 aromatic carbocycles. The Labute approximate surface area is 479 Å². The van der Waals surface area contributed by atoms with Crippen LogP contribution in [0.5, 0.6) is 5.75 Å². The first-order chi connectivity index (χ1) is 45.2. The molecule has 2 heterocycles. The molecule has 4 nitrogen and oxygen atoms in total. The van der Waals surface area contributed by atoms with Crippen molar-refractivity contribution in [3.8, 4) is 67.5 Å². The van der Waals surface area contributed by atoms with E-state index in [2.05, 4.69) is 11.1 Å². The van der Waals surface area contributed by atoms with Crippen molar-refractivity contribution in [3.63, 3.8) is 0 Å². The van der Waals surface area contributed by atoms with Crippen LogP contribution in [0.2, 0.25) is 0 Å². The van der Waals surface area contributed by atoms with Crippen molar-refractivity contribution in [3.05, 3.63) is 166 Å². The van der Waals surface area contributed by atoms with Gasteiger partial charge in [-0.25, -0.2) is 4.98 Å². The summed E-state index contributed by atoms with van der Waals surface area (Å²) in [4.78, 5) is 9.66. The van der Waals surface area contributed by atoms with E-state index in [0.29, 0.717) is 39.4 Å². The molecule has 0 fully saturated rings. The van der Waals surface area contributed by atoms with Crippen molar-refractivity contribution in [1.29, 1.82) is 0 Å². The second-order valence-corrected chi connectivity index (χ2v) is 19.1. The van der Waals surface area contributed by atoms with Gasteiger partial charge < -0.3 is 5.11 Å². The Morgan fingerprint density at radius 1 is 0.586 bits per heavy atom. The molecule has 0 aliphatic heterocycles. The molecule has 1 N–H and O–H groups in total. The van der Waals surface area contributed by atoms with Crippen molar-refractivity contribution in [2.24, 2.45) is 0 Å². The number of nitrogens with zero attached hydrogens (tertiary/aromatic N) is 3. The molecule has 8 rings (SSSR count). The van der Waals surface area contributed by atoms with Gasteiger partial charge in [0.05, 0.1) is 22.3 Å². The monoisotopic (exact) mass is 1140 g/mol. The van der Waals surface area contributed by atoms with E-state index in [1.54, 1.807) is 70.2 Å². The number of hydrogen-bond donors (Lipinski definition) is 1. The number of aromatic nitrogens is 3. The SMILES string of the molecule is [2H]C([2H])([2H])c1cc(-c2cc(C([2H])(C)C)cc(C([2H])(C)C)c2)ccc1-n1c(-c2cc(C(C([2H])([2H])[2H])(C([2H])([2H])[2H])C([2H])([2H])[2H])cc(C(C([2H])([2H])[2H])(C([2H])([2H])[2H])C([2H])([2H])[2H])c2O)nc2c(-c3[c-]c(-c4cc(-c5ccc(C(C([2H])([2H])[2H])(C([2H])([2H])[2H])C([2H])([2H])[2H])cc5)ccn4)cc(C(C)(C)C)c3)cccc21.[Pt]. The van der Waals surface area contributed by atoms with Gasteiger partial charge in [0.15, 0.2) is 0 Å². The van der Waals surface area contributed by atoms with E-state index in [-0.39, 0.29) is 71.8 Å². The number of phenols is 1. The van der Waals surface area contributed by atoms with Gasteiger partial charge in [-0.2, -0.15) is 0 Å². The molecule has 2 aromatic heterocycles. The van der Waals surface area contributed by atoms with Crippen LogP contribution in [-0.2, 0) is 42.7 Å². The number of fused-ring (bicyclic) bond motifs is 1. The number of hydrogen-bond acceptors (Lipinski definition) is 3. The third-order valence-corrected chi connectivity index (χ3v) is 12.2. The normalized spacial score (nSPS) is 21.4. The van der Waals surface area contributed by atoms with Gasteiger partial charge >= 0.3 is 0 Å². The van der Waals surface area contributed by atoms with Gasteiger partial charge in [0.25, 0.3) is 0 Å². The molecule has 0 aliphatic carbocycles. The molecular formula is C65H74N3OPt-. The first-order valence-corrected chi connectivity index (χ1v) is 22.1. The molecule has 0 atom stereocenters. The van der Waals surface area contributed by atoms with E-state index in [1.165, 1.54) is 54.7 Å². The Bertz CT molecular complexity index is 4320. The van der Waals surface area contributed by atoms with Crippen LogP contribution in [0, 0.1) is 12.9 Å². The molecule has 0 saturated heterocycles. The topological polar surface area (TPSA) is 50.9 Å². The van der Waals surface area contributed by atoms with Gasteiger partial charge in [-0.05, 0) is 121 Å². The van der Waals surface area contributed by atoms with Gasteiger partial charge in [0.1, 0.15) is 11.6 Å². The van der Waals surface area contributed by atoms with Crippen LogP contribution >= 0.6 is 0 Å². The summed E-state index contributed by atoms with van der Waals surface area (Å²) in [5.74, 6) is -4.92. The van der Waals surface area contributed by atoms with E-state index >= 15 is 0 Å². The molecule has 366 valence electrons. The summed E-state index contributed by atoms with van der Waals surface area (Å²) >= 11 is 0. The molecule has 0 bridgehead atoms. The second-order valence-electron chi connectivity index (χ2n) is 19.1. The van der Waals surface area contributed by atoms with Crippen LogP contribution in [0.4, 0.5) is 0 Å². The molecular weight excluding hydrogens is 1030 g/mol. The van der Waals surface area contributed by atoms with Crippen molar-refractivity contribution >= 4 is 11.0 Å². The summed E-state index contributed by atoms with van der Waals surface area (Å²) in [6.45, 7) is -27.3. The molecule has 0 amide bonds. The summed E-state index contributed by atoms with van der Waals surface area (Å²) in [6, 6.07) is 29.0. The van der Waals surface area contributed by atoms with Gasteiger partial charge in [0, 0.05) is 82.4 Å². The summed E-state index contributed by atoms with van der Waals surface area (Å²) in [7, 11) is 0. The van der Waals surface area contributed by atoms with E-state index in [4.69, 9.17) is 44.7 Å². The van der Waals surface area contributed by atoms with E-state index in [9.17, 15) is 9.22 Å². The number of benzene rings is 6. The fourth-order valence-corrected chi connectivity index (χ4v) is 8.29. The number of imidazole rings is 1. The number of aryl methyl sites for hydroxylation is 1. The van der Waals surface area contributed by atoms with Gasteiger partial charge in [-0.1, -0.05) is 194 Å². The summed E-state index contributed by atoms with van der Waals surface area (Å²) < 4.78 is 279. The minimum atomic E-state index is -4.34. The first kappa shape index (κ1) is 24.7. The third kappa shape index (κ3) is 10.6. The molecule has 70 heavy (non-hydrogen) atoms. The van der Waals surface area contributed by atoms with Crippen LogP contribution in [0.15, 0.2) is 121 Å². The molecule has 0 radical (unpaired) electrons. The van der Waals surface area contributed by atoms with Gasteiger partial charge in [-0.15, -0.1) is 29.3 Å². The van der Waals surface area contributed by atoms with Crippen LogP contribution in [0.1, 0.15) is 205 Å². The van der Waals surface area contributed by atoms with Crippen molar-refractivity contribution in [1.82, 2.24) is 14.5 Å². The number of para-hydroxylation sites is 1. The minimum absolute atomic E-state index is 0. The predicted molar refractivity (Wildman–Crippen MR) is 294 cm³/mol. The average molecular weight is 1140 g/mol. The number of aromatic hydroxyl groups is 1. The van der Waals surface area contributed by atoms with Crippen LogP contribution < -0.4 is 0 Å². The summed E-state index contributed by atoms with van der Waals surface area (Å²) in [5.41, 5.74) is -14.9. The maximum Gasteiger partial charge on any atom is 0.148 e. The number of rotatable bonds is 8. The van der Waals surface area contributed by atoms with Gasteiger partial charge in [0.2, 0.25) is 0 Å². The van der Waals surface area contributed by atoms with Crippen molar-refractivity contribution < 1.29 is 70.0 Å². The molecule has 0 aliphatic rings. The second kappa shape index (κ2) is 19.2. The Morgan fingerprint density at radius 2 is 1.20 bits per heavy atom. The molecule has 5 heteroatoms. The smallest absolute Gasteiger partial charge is 0.148 e. The zero-order valence-corrected chi connectivity index (χ0v) is 41.9. The number of phenolic OH excluding ortho intramolecular Hbond substituents is 1. The number of pyridine rings is 1. The molecule has 8 aromatic rings. The maximum atomic E-state index is 13.1. The fraction of sp³-hybridized carbons (Fsp3) is 0.354. The van der Waals surface area contributed by atoms with E-state index in [1.807, 2.05) is 20.8 Å². The Hall–Kier alpha value is -5.57. The molecule has 0 saturated carbocycles. The first-order valence-electron chi connectivity index (χ1n) is 38.1. The van der Waals surface area contributed by atoms with Crippen LogP contribution in [-0.4, -0.2) is 19.6 Å². The van der Waals surface area contributed by atoms with E-state index < -0.39 is 141 Å². The zero-order valence-electron chi connectivity index (χ0n) is 71.7. The van der Waals surface area contributed by atoms with Crippen LogP contribution in [0.3, 0.4) is 0 Å². The van der Waals surface area contributed by atoms with Crippen LogP contribution in [0.25, 0.3) is 72.7 Å². The third-order valence-electron chi connectivity index (χ3n) is 12.2. The Kier molecular flexibility index (Phi) is 6.78. The maximum absolute atomic E-state index is 13.1. The molecule has 0 spiro atoms. The van der Waals surface area contributed by atoms with Crippen molar-refractivity contribution in [2.45, 2.75) is 150 Å². The van der Waals surface area contributed by atoms with E-state index in [0.717, 1.165) is 16.7 Å². The van der Waals surface area contributed by atoms with Gasteiger partial charge in [-0.3, -0.25) is 9.55 Å². The summed E-state index contributed by atoms with van der Waals surface area (Å²) in [5, 5.41) is 13.1. The predicted octanol–water partition coefficient (Wildman–Crippen LogP) is 18.0. The molecule has 0 unspecified atom stereocenters. The largest absolute Gasteiger partial charge is 0.507 e. The van der Waals surface area contributed by atoms with Crippen molar-refractivity contribution in [2.75, 3.05) is 0 Å². The summed E-state index contributed by atoms with van der Waals surface area (Å²) in [6.07, 6.45) is 1.42. The Morgan fingerprint density at radius 3 is 1.83 bits per heavy atom.